The summed E-state index contributed by atoms with van der Waals surface area (Å²) in [5.74, 6) is 1.75. The van der Waals surface area contributed by atoms with Crippen LogP contribution in [-0.4, -0.2) is 21.0 Å². The second-order valence-corrected chi connectivity index (χ2v) is 7.13. The summed E-state index contributed by atoms with van der Waals surface area (Å²) in [5, 5.41) is 14.2. The molecule has 2 aromatic rings. The lowest BCUT2D eigenvalue weighted by Crippen LogP contribution is -2.18. The van der Waals surface area contributed by atoms with E-state index in [1.807, 2.05) is 12.4 Å². The Morgan fingerprint density at radius 1 is 1.29 bits per heavy atom. The highest BCUT2D eigenvalue weighted by Crippen LogP contribution is 2.46. The Kier molecular flexibility index (Phi) is 3.05. The monoisotopic (exact) mass is 317 g/mol. The van der Waals surface area contributed by atoms with Gasteiger partial charge < -0.3 is 0 Å². The van der Waals surface area contributed by atoms with Gasteiger partial charge in [0, 0.05) is 42.1 Å². The van der Waals surface area contributed by atoms with Crippen LogP contribution in [0, 0.1) is 17.2 Å². The molecule has 0 amide bonds. The highest BCUT2D eigenvalue weighted by atomic mass is 15.3. The lowest BCUT2D eigenvalue weighted by Gasteiger charge is -2.21. The topological polar surface area (TPSA) is 66.9 Å². The van der Waals surface area contributed by atoms with Crippen molar-refractivity contribution in [2.75, 3.05) is 0 Å². The number of nitriles is 1. The maximum absolute atomic E-state index is 9.29. The van der Waals surface area contributed by atoms with Crippen LogP contribution in [0.4, 0.5) is 5.82 Å². The Morgan fingerprint density at radius 2 is 2.17 bits per heavy atom. The Bertz CT molecular complexity index is 866. The molecule has 5 heteroatoms. The summed E-state index contributed by atoms with van der Waals surface area (Å²) >= 11 is 0. The van der Waals surface area contributed by atoms with Crippen LogP contribution >= 0.6 is 0 Å². The van der Waals surface area contributed by atoms with E-state index in [-0.39, 0.29) is 6.04 Å². The summed E-state index contributed by atoms with van der Waals surface area (Å²) in [5.41, 5.74) is 4.81. The molecule has 1 aliphatic heterocycles. The molecular formula is C19H19N5. The van der Waals surface area contributed by atoms with Crippen molar-refractivity contribution in [2.45, 2.75) is 50.5 Å². The molecule has 2 unspecified atom stereocenters. The van der Waals surface area contributed by atoms with Gasteiger partial charge in [-0.15, -0.1) is 0 Å². The van der Waals surface area contributed by atoms with Crippen molar-refractivity contribution in [1.29, 1.82) is 5.26 Å². The van der Waals surface area contributed by atoms with Crippen molar-refractivity contribution < 1.29 is 0 Å². The predicted molar refractivity (Wildman–Crippen MR) is 91.3 cm³/mol. The van der Waals surface area contributed by atoms with Gasteiger partial charge in [-0.2, -0.15) is 10.4 Å². The van der Waals surface area contributed by atoms with E-state index >= 15 is 0 Å². The van der Waals surface area contributed by atoms with E-state index in [4.69, 9.17) is 5.10 Å². The number of pyridine rings is 1. The van der Waals surface area contributed by atoms with Gasteiger partial charge in [0.2, 0.25) is 0 Å². The third kappa shape index (κ3) is 1.96. The average Bonchev–Trinajstić information content (AvgIpc) is 3.33. The maximum atomic E-state index is 9.29. The largest absolute Gasteiger partial charge is 0.267 e. The fourth-order valence-corrected chi connectivity index (χ4v) is 4.65. The smallest absolute Gasteiger partial charge is 0.155 e. The molecule has 2 aromatic heterocycles. The van der Waals surface area contributed by atoms with Gasteiger partial charge >= 0.3 is 0 Å². The van der Waals surface area contributed by atoms with Crippen molar-refractivity contribution in [3.05, 3.63) is 29.7 Å². The van der Waals surface area contributed by atoms with Crippen LogP contribution in [0.2, 0.25) is 0 Å². The van der Waals surface area contributed by atoms with Crippen LogP contribution in [0.5, 0.6) is 0 Å². The molecule has 5 rings (SSSR count). The van der Waals surface area contributed by atoms with Crippen LogP contribution < -0.4 is 0 Å². The molecule has 0 saturated heterocycles. The lowest BCUT2D eigenvalue weighted by molar-refractivity contribution is 0.313. The van der Waals surface area contributed by atoms with Crippen LogP contribution in [0.15, 0.2) is 23.5 Å². The minimum atomic E-state index is 0.211. The molecule has 24 heavy (non-hydrogen) atoms. The van der Waals surface area contributed by atoms with Gasteiger partial charge in [-0.25, -0.2) is 9.98 Å². The molecule has 0 radical (unpaired) electrons. The fraction of sp³-hybridized carbons (Fsp3) is 0.474. The van der Waals surface area contributed by atoms with Crippen LogP contribution in [0.25, 0.3) is 11.1 Å². The molecule has 0 aromatic carbocycles. The van der Waals surface area contributed by atoms with Gasteiger partial charge in [0.1, 0.15) is 0 Å². The molecule has 120 valence electrons. The van der Waals surface area contributed by atoms with Gasteiger partial charge in [0.05, 0.1) is 24.2 Å². The van der Waals surface area contributed by atoms with E-state index < -0.39 is 0 Å². The first-order valence-electron chi connectivity index (χ1n) is 8.83. The van der Waals surface area contributed by atoms with Crippen LogP contribution in [0.1, 0.15) is 55.3 Å². The van der Waals surface area contributed by atoms with E-state index in [0.717, 1.165) is 17.9 Å². The summed E-state index contributed by atoms with van der Waals surface area (Å²) in [4.78, 5) is 8.84. The minimum absolute atomic E-state index is 0.211. The van der Waals surface area contributed by atoms with Crippen molar-refractivity contribution in [1.82, 2.24) is 14.8 Å². The molecule has 0 bridgehead atoms. The molecule has 2 atom stereocenters. The normalized spacial score (nSPS) is 22.2. The van der Waals surface area contributed by atoms with Crippen LogP contribution in [-0.2, 0) is 6.42 Å². The summed E-state index contributed by atoms with van der Waals surface area (Å²) < 4.78 is 2.09. The quantitative estimate of drug-likeness (QED) is 0.861. The predicted octanol–water partition coefficient (Wildman–Crippen LogP) is 3.95. The standard InChI is InChI=1S/C19H19N5/c20-7-5-17(12-3-1-2-4-12)24-11-15-14-6-8-21-19-18(14)13(10-22-19)9-16(15)23-24/h6,8,10-13,17H,1-5,9H2. The van der Waals surface area contributed by atoms with E-state index in [2.05, 4.69) is 33.0 Å². The Balaban J connectivity index is 1.58. The summed E-state index contributed by atoms with van der Waals surface area (Å²) in [6, 6.07) is 4.67. The van der Waals surface area contributed by atoms with E-state index in [9.17, 15) is 5.26 Å². The highest BCUT2D eigenvalue weighted by Gasteiger charge is 2.34. The van der Waals surface area contributed by atoms with Gasteiger partial charge in [0.25, 0.3) is 0 Å². The first kappa shape index (κ1) is 13.9. The number of aliphatic imine (C=N–C) groups is 1. The summed E-state index contributed by atoms with van der Waals surface area (Å²) in [7, 11) is 0. The van der Waals surface area contributed by atoms with Gasteiger partial charge in [-0.1, -0.05) is 12.8 Å². The van der Waals surface area contributed by atoms with E-state index in [1.165, 1.54) is 42.4 Å². The maximum Gasteiger partial charge on any atom is 0.155 e. The third-order valence-electron chi connectivity index (χ3n) is 5.81. The number of rotatable bonds is 3. The minimum Gasteiger partial charge on any atom is -0.267 e. The molecule has 5 nitrogen and oxygen atoms in total. The highest BCUT2D eigenvalue weighted by molar-refractivity contribution is 5.89. The van der Waals surface area contributed by atoms with Crippen molar-refractivity contribution in [2.24, 2.45) is 10.9 Å². The molecule has 1 fully saturated rings. The van der Waals surface area contributed by atoms with Crippen molar-refractivity contribution in [3.63, 3.8) is 0 Å². The third-order valence-corrected chi connectivity index (χ3v) is 5.81. The summed E-state index contributed by atoms with van der Waals surface area (Å²) in [6.07, 6.45) is 12.4. The first-order chi connectivity index (χ1) is 11.8. The molecule has 1 saturated carbocycles. The second-order valence-electron chi connectivity index (χ2n) is 7.13. The lowest BCUT2D eigenvalue weighted by atomic mass is 9.84. The van der Waals surface area contributed by atoms with Crippen molar-refractivity contribution in [3.8, 4) is 17.2 Å². The Labute approximate surface area is 141 Å². The molecule has 3 heterocycles. The zero-order chi connectivity index (χ0) is 16.1. The van der Waals surface area contributed by atoms with Gasteiger partial charge in [-0.3, -0.25) is 4.68 Å². The second kappa shape index (κ2) is 5.27. The summed E-state index contributed by atoms with van der Waals surface area (Å²) in [6.45, 7) is 0. The van der Waals surface area contributed by atoms with E-state index in [0.29, 0.717) is 18.3 Å². The molecule has 2 aliphatic carbocycles. The Morgan fingerprint density at radius 3 is 3.00 bits per heavy atom. The fourth-order valence-electron chi connectivity index (χ4n) is 4.65. The van der Waals surface area contributed by atoms with Gasteiger partial charge in [0.15, 0.2) is 5.82 Å². The molecule has 0 N–H and O–H groups in total. The number of aromatic nitrogens is 3. The zero-order valence-electron chi connectivity index (χ0n) is 13.5. The zero-order valence-corrected chi connectivity index (χ0v) is 13.5. The number of hydrogen-bond donors (Lipinski definition) is 0. The van der Waals surface area contributed by atoms with Crippen LogP contribution in [0.3, 0.4) is 0 Å². The number of nitrogens with zero attached hydrogens (tertiary/aromatic N) is 5. The van der Waals surface area contributed by atoms with Gasteiger partial charge in [-0.05, 0) is 30.4 Å². The van der Waals surface area contributed by atoms with Crippen molar-refractivity contribution >= 4 is 12.0 Å². The average molecular weight is 317 g/mol. The van der Waals surface area contributed by atoms with E-state index in [1.54, 1.807) is 0 Å². The molecule has 0 spiro atoms. The first-order valence-corrected chi connectivity index (χ1v) is 8.83. The Hall–Kier alpha value is -2.48. The SMILES string of the molecule is N#CCC(C1CCCC1)n1cc2c(n1)CC1C=Nc3nccc-2c31. The molecule has 3 aliphatic rings. The molecular weight excluding hydrogens is 298 g/mol. The number of fused-ring (bicyclic) bond motifs is 2. The number of hydrogen-bond acceptors (Lipinski definition) is 4.